The number of ether oxygens (including phenoxy) is 1. The van der Waals surface area contributed by atoms with Crippen LogP contribution in [-0.2, 0) is 4.79 Å². The van der Waals surface area contributed by atoms with Crippen molar-refractivity contribution < 1.29 is 9.53 Å². The highest BCUT2D eigenvalue weighted by molar-refractivity contribution is 9.11. The molecule has 5 nitrogen and oxygen atoms in total. The molecule has 0 fully saturated rings. The summed E-state index contributed by atoms with van der Waals surface area (Å²) in [4.78, 5) is 12.1. The van der Waals surface area contributed by atoms with E-state index in [1.54, 1.807) is 13.3 Å². The van der Waals surface area contributed by atoms with Crippen molar-refractivity contribution in [1.29, 1.82) is 0 Å². The lowest BCUT2D eigenvalue weighted by Crippen LogP contribution is -2.25. The van der Waals surface area contributed by atoms with E-state index in [1.165, 1.54) is 0 Å². The van der Waals surface area contributed by atoms with Crippen molar-refractivity contribution in [2.45, 2.75) is 0 Å². The van der Waals surface area contributed by atoms with Gasteiger partial charge in [-0.1, -0.05) is 36.4 Å². The molecular weight excluding hydrogens is 474 g/mol. The van der Waals surface area contributed by atoms with Crippen LogP contribution in [0, 0.1) is 0 Å². The van der Waals surface area contributed by atoms with Crippen molar-refractivity contribution >= 4 is 60.4 Å². The highest BCUT2D eigenvalue weighted by Crippen LogP contribution is 2.33. The molecular formula is C20H17Br2N3O2. The van der Waals surface area contributed by atoms with E-state index in [4.69, 9.17) is 4.74 Å². The van der Waals surface area contributed by atoms with E-state index in [2.05, 4.69) is 47.7 Å². The van der Waals surface area contributed by atoms with Crippen molar-refractivity contribution in [3.05, 3.63) is 69.1 Å². The fourth-order valence-corrected chi connectivity index (χ4v) is 4.17. The van der Waals surface area contributed by atoms with Crippen molar-refractivity contribution in [1.82, 2.24) is 5.43 Å². The number of hydrogen-bond donors (Lipinski definition) is 2. The van der Waals surface area contributed by atoms with Gasteiger partial charge in [0.2, 0.25) is 0 Å². The number of hydrogen-bond acceptors (Lipinski definition) is 4. The molecule has 0 radical (unpaired) electrons. The van der Waals surface area contributed by atoms with Crippen molar-refractivity contribution in [2.24, 2.45) is 5.10 Å². The van der Waals surface area contributed by atoms with Gasteiger partial charge in [-0.2, -0.15) is 5.10 Å². The normalized spacial score (nSPS) is 10.9. The Kier molecular flexibility index (Phi) is 6.47. The second kappa shape index (κ2) is 9.01. The summed E-state index contributed by atoms with van der Waals surface area (Å²) in [6.45, 7) is 0.126. The molecule has 0 aliphatic heterocycles. The number of carbonyl (C=O) groups is 1. The van der Waals surface area contributed by atoms with E-state index in [0.717, 1.165) is 31.0 Å². The third-order valence-electron chi connectivity index (χ3n) is 3.86. The third-order valence-corrected chi connectivity index (χ3v) is 5.03. The zero-order chi connectivity index (χ0) is 19.2. The summed E-state index contributed by atoms with van der Waals surface area (Å²) in [6.07, 6.45) is 1.57. The Hall–Kier alpha value is -2.38. The highest BCUT2D eigenvalue weighted by atomic mass is 79.9. The molecule has 0 saturated heterocycles. The molecule has 0 unspecified atom stereocenters. The van der Waals surface area contributed by atoms with Crippen LogP contribution < -0.4 is 15.5 Å². The van der Waals surface area contributed by atoms with Crippen LogP contribution in [-0.4, -0.2) is 25.8 Å². The van der Waals surface area contributed by atoms with E-state index < -0.39 is 0 Å². The average Bonchev–Trinajstić information content (AvgIpc) is 2.66. The largest absolute Gasteiger partial charge is 0.494 e. The summed E-state index contributed by atoms with van der Waals surface area (Å²) in [5, 5.41) is 9.35. The number of amides is 1. The maximum atomic E-state index is 12.1. The molecule has 0 aliphatic carbocycles. The Balaban J connectivity index is 1.59. The lowest BCUT2D eigenvalue weighted by atomic mass is 10.1. The fraction of sp³-hybridized carbons (Fsp3) is 0.100. The molecule has 27 heavy (non-hydrogen) atoms. The summed E-state index contributed by atoms with van der Waals surface area (Å²) in [7, 11) is 1.60. The topological polar surface area (TPSA) is 62.7 Å². The van der Waals surface area contributed by atoms with Crippen molar-refractivity contribution in [3.63, 3.8) is 0 Å². The number of nitrogens with one attached hydrogen (secondary N) is 2. The molecule has 138 valence electrons. The van der Waals surface area contributed by atoms with Gasteiger partial charge in [-0.05, 0) is 61.0 Å². The monoisotopic (exact) mass is 489 g/mol. The first-order valence-electron chi connectivity index (χ1n) is 8.15. The van der Waals surface area contributed by atoms with E-state index in [1.807, 2.05) is 54.6 Å². The minimum absolute atomic E-state index is 0.126. The quantitative estimate of drug-likeness (QED) is 0.380. The summed E-state index contributed by atoms with van der Waals surface area (Å²) in [5.41, 5.74) is 4.25. The number of anilines is 1. The number of carbonyl (C=O) groups excluding carboxylic acids is 1. The molecule has 7 heteroatoms. The first-order chi connectivity index (χ1) is 13.1. The summed E-state index contributed by atoms with van der Waals surface area (Å²) >= 11 is 6.87. The van der Waals surface area contributed by atoms with Crippen molar-refractivity contribution in [2.75, 3.05) is 19.0 Å². The number of methoxy groups -OCH3 is 1. The van der Waals surface area contributed by atoms with E-state index in [-0.39, 0.29) is 12.5 Å². The highest BCUT2D eigenvalue weighted by Gasteiger charge is 2.07. The van der Waals surface area contributed by atoms with Crippen LogP contribution in [0.25, 0.3) is 10.8 Å². The zero-order valence-corrected chi connectivity index (χ0v) is 17.7. The Morgan fingerprint density at radius 2 is 1.81 bits per heavy atom. The van der Waals surface area contributed by atoms with Crippen LogP contribution in [0.1, 0.15) is 5.56 Å². The number of fused-ring (bicyclic) bond motifs is 1. The maximum Gasteiger partial charge on any atom is 0.259 e. The van der Waals surface area contributed by atoms with Gasteiger partial charge in [0.25, 0.3) is 5.91 Å². The lowest BCUT2D eigenvalue weighted by molar-refractivity contribution is -0.119. The number of rotatable bonds is 6. The van der Waals surface area contributed by atoms with Crippen LogP contribution in [0.3, 0.4) is 0 Å². The molecule has 0 aromatic heterocycles. The van der Waals surface area contributed by atoms with Crippen molar-refractivity contribution in [3.8, 4) is 5.75 Å². The van der Waals surface area contributed by atoms with Gasteiger partial charge < -0.3 is 10.1 Å². The molecule has 3 aromatic rings. The smallest absolute Gasteiger partial charge is 0.259 e. The summed E-state index contributed by atoms with van der Waals surface area (Å²) < 4.78 is 6.85. The second-order valence-electron chi connectivity index (χ2n) is 5.69. The first-order valence-corrected chi connectivity index (χ1v) is 9.73. The Morgan fingerprint density at radius 1 is 1.11 bits per heavy atom. The van der Waals surface area contributed by atoms with E-state index >= 15 is 0 Å². The van der Waals surface area contributed by atoms with Gasteiger partial charge in [0.1, 0.15) is 5.75 Å². The molecule has 0 aliphatic rings. The molecule has 3 aromatic carbocycles. The van der Waals surface area contributed by atoms with Crippen LogP contribution in [0.15, 0.2) is 68.6 Å². The SMILES string of the molecule is COc1c(Br)cc(/C=N/NC(=O)CNc2cccc3ccccc23)cc1Br. The molecule has 0 heterocycles. The summed E-state index contributed by atoms with van der Waals surface area (Å²) in [6, 6.07) is 17.7. The predicted molar refractivity (Wildman–Crippen MR) is 117 cm³/mol. The maximum absolute atomic E-state index is 12.1. The zero-order valence-electron chi connectivity index (χ0n) is 14.5. The van der Waals surface area contributed by atoms with Gasteiger partial charge >= 0.3 is 0 Å². The molecule has 1 amide bonds. The van der Waals surface area contributed by atoms with Gasteiger partial charge in [-0.15, -0.1) is 0 Å². The number of nitrogens with zero attached hydrogens (tertiary/aromatic N) is 1. The number of benzene rings is 3. The molecule has 0 spiro atoms. The van der Waals surface area contributed by atoms with Gasteiger partial charge in [-0.25, -0.2) is 5.43 Å². The lowest BCUT2D eigenvalue weighted by Gasteiger charge is -2.09. The summed E-state index contributed by atoms with van der Waals surface area (Å²) in [5.74, 6) is 0.473. The van der Waals surface area contributed by atoms with Crippen LogP contribution >= 0.6 is 31.9 Å². The predicted octanol–water partition coefficient (Wildman–Crippen LogP) is 4.94. The molecule has 3 rings (SSSR count). The minimum Gasteiger partial charge on any atom is -0.494 e. The van der Waals surface area contributed by atoms with Crippen LogP contribution in [0.2, 0.25) is 0 Å². The van der Waals surface area contributed by atoms with Crippen LogP contribution in [0.4, 0.5) is 5.69 Å². The second-order valence-corrected chi connectivity index (χ2v) is 7.40. The van der Waals surface area contributed by atoms with Gasteiger partial charge in [0.05, 0.1) is 28.8 Å². The Bertz CT molecular complexity index is 977. The standard InChI is InChI=1S/C20H17Br2N3O2/c1-27-20-16(21)9-13(10-17(20)22)11-24-25-19(26)12-23-18-8-4-6-14-5-2-3-7-15(14)18/h2-11,23H,12H2,1H3,(H,25,26)/b24-11+. The molecule has 0 saturated carbocycles. The van der Waals surface area contributed by atoms with E-state index in [9.17, 15) is 4.79 Å². The minimum atomic E-state index is -0.231. The molecule has 2 N–H and O–H groups in total. The van der Waals surface area contributed by atoms with Gasteiger partial charge in [0.15, 0.2) is 0 Å². The molecule has 0 bridgehead atoms. The molecule has 0 atom stereocenters. The number of hydrazone groups is 1. The Labute approximate surface area is 174 Å². The average molecular weight is 491 g/mol. The van der Waals surface area contributed by atoms with Gasteiger partial charge in [0, 0.05) is 11.1 Å². The number of halogens is 2. The van der Waals surface area contributed by atoms with Crippen LogP contribution in [0.5, 0.6) is 5.75 Å². The Morgan fingerprint density at radius 3 is 2.56 bits per heavy atom. The van der Waals surface area contributed by atoms with Gasteiger partial charge in [-0.3, -0.25) is 4.79 Å². The third kappa shape index (κ3) is 4.87. The fourth-order valence-electron chi connectivity index (χ4n) is 2.62. The van der Waals surface area contributed by atoms with E-state index in [0.29, 0.717) is 5.75 Å². The first kappa shape index (κ1) is 19.4.